The molecule has 0 aliphatic rings. The number of aliphatic hydroxyl groups is 1. The predicted octanol–water partition coefficient (Wildman–Crippen LogP) is 1.32. The van der Waals surface area contributed by atoms with E-state index < -0.39 is 29.3 Å². The zero-order chi connectivity index (χ0) is 28.2. The zero-order valence-electron chi connectivity index (χ0n) is 22.6. The number of methoxy groups -OCH3 is 2. The lowest BCUT2D eigenvalue weighted by Crippen LogP contribution is -2.46. The van der Waals surface area contributed by atoms with E-state index in [4.69, 9.17) is 25.1 Å². The van der Waals surface area contributed by atoms with Crippen LogP contribution in [0.2, 0.25) is 0 Å². The lowest BCUT2D eigenvalue weighted by atomic mass is 10.0. The summed E-state index contributed by atoms with van der Waals surface area (Å²) in [6.07, 6.45) is 0.0718. The number of benzene rings is 2. The third kappa shape index (κ3) is 9.19. The van der Waals surface area contributed by atoms with Crippen LogP contribution in [0.3, 0.4) is 0 Å². The number of amides is 1. The fourth-order valence-electron chi connectivity index (χ4n) is 3.68. The van der Waals surface area contributed by atoms with Crippen LogP contribution in [0.25, 0.3) is 0 Å². The summed E-state index contributed by atoms with van der Waals surface area (Å²) in [6, 6.07) is 8.57. The average molecular weight is 550 g/mol. The highest BCUT2D eigenvalue weighted by molar-refractivity contribution is 7.79. The molecule has 2 rings (SSSR count). The molecule has 2 unspecified atom stereocenters. The minimum atomic E-state index is -1.96. The SMILES string of the molecule is COc1ccc(CCNC(=O)C(O)[C@@H](N)CCCN=C(N)NS(=O)Oc2c(C)cc(OC)c(C)c2C)cc1. The molecule has 0 heterocycles. The monoisotopic (exact) mass is 549 g/mol. The van der Waals surface area contributed by atoms with Crippen molar-refractivity contribution in [2.75, 3.05) is 27.3 Å². The van der Waals surface area contributed by atoms with Crippen LogP contribution in [-0.4, -0.2) is 60.6 Å². The fourth-order valence-corrected chi connectivity index (χ4v) is 4.37. The van der Waals surface area contributed by atoms with Gasteiger partial charge >= 0.3 is 11.3 Å². The Morgan fingerprint density at radius 3 is 2.45 bits per heavy atom. The molecule has 0 saturated carbocycles. The van der Waals surface area contributed by atoms with E-state index in [2.05, 4.69) is 15.0 Å². The van der Waals surface area contributed by atoms with Crippen molar-refractivity contribution in [3.8, 4) is 17.2 Å². The summed E-state index contributed by atoms with van der Waals surface area (Å²) in [7, 11) is 3.19. The van der Waals surface area contributed by atoms with Gasteiger partial charge in [-0.15, -0.1) is 0 Å². The van der Waals surface area contributed by atoms with E-state index in [0.29, 0.717) is 31.6 Å². The Balaban J connectivity index is 1.72. The minimum Gasteiger partial charge on any atom is -0.497 e. The van der Waals surface area contributed by atoms with Gasteiger partial charge in [0.25, 0.3) is 0 Å². The minimum absolute atomic E-state index is 0.0609. The van der Waals surface area contributed by atoms with Crippen LogP contribution < -0.4 is 35.2 Å². The number of carbonyl (C=O) groups excluding carboxylic acids is 1. The molecule has 12 heteroatoms. The number of aliphatic imine (C=N–C) groups is 1. The molecule has 0 bridgehead atoms. The number of nitrogens with two attached hydrogens (primary N) is 2. The molecule has 0 spiro atoms. The van der Waals surface area contributed by atoms with Gasteiger partial charge < -0.3 is 35.5 Å². The van der Waals surface area contributed by atoms with E-state index >= 15 is 0 Å². The van der Waals surface area contributed by atoms with Crippen molar-refractivity contribution in [3.05, 3.63) is 52.6 Å². The molecule has 0 aliphatic heterocycles. The number of nitrogens with one attached hydrogen (secondary N) is 2. The molecule has 0 aromatic heterocycles. The van der Waals surface area contributed by atoms with Crippen LogP contribution >= 0.6 is 0 Å². The summed E-state index contributed by atoms with van der Waals surface area (Å²) in [5, 5.41) is 12.9. The zero-order valence-corrected chi connectivity index (χ0v) is 23.4. The number of hydrogen-bond donors (Lipinski definition) is 5. The van der Waals surface area contributed by atoms with Crippen LogP contribution in [0.1, 0.15) is 35.1 Å². The Kier molecular flexibility index (Phi) is 12.3. The number of hydrogen-bond acceptors (Lipinski definition) is 8. The van der Waals surface area contributed by atoms with E-state index in [1.54, 1.807) is 14.2 Å². The molecule has 0 fully saturated rings. The number of rotatable bonds is 14. The van der Waals surface area contributed by atoms with Crippen molar-refractivity contribution in [3.63, 3.8) is 0 Å². The number of aliphatic hydroxyl groups excluding tert-OH is 1. The van der Waals surface area contributed by atoms with Crippen LogP contribution in [-0.2, 0) is 22.5 Å². The van der Waals surface area contributed by atoms with Gasteiger partial charge in [0.1, 0.15) is 23.4 Å². The van der Waals surface area contributed by atoms with E-state index in [1.165, 1.54) is 0 Å². The number of nitrogens with zero attached hydrogens (tertiary/aromatic N) is 1. The molecule has 7 N–H and O–H groups in total. The normalized spacial score (nSPS) is 13.8. The van der Waals surface area contributed by atoms with Crippen LogP contribution in [0.4, 0.5) is 0 Å². The highest BCUT2D eigenvalue weighted by Crippen LogP contribution is 2.33. The van der Waals surface area contributed by atoms with Crippen LogP contribution in [0, 0.1) is 20.8 Å². The molecule has 38 heavy (non-hydrogen) atoms. The van der Waals surface area contributed by atoms with E-state index in [1.807, 2.05) is 51.1 Å². The van der Waals surface area contributed by atoms with Crippen LogP contribution in [0.5, 0.6) is 17.2 Å². The second-order valence-electron chi connectivity index (χ2n) is 8.80. The van der Waals surface area contributed by atoms with Crippen molar-refractivity contribution in [2.45, 2.75) is 52.2 Å². The largest absolute Gasteiger partial charge is 0.497 e. The number of ether oxygens (including phenoxy) is 2. The van der Waals surface area contributed by atoms with Gasteiger partial charge in [0.05, 0.1) is 14.2 Å². The Morgan fingerprint density at radius 2 is 1.82 bits per heavy atom. The Hall–Kier alpha value is -3.35. The molecule has 2 aromatic rings. The van der Waals surface area contributed by atoms with Crippen molar-refractivity contribution in [2.24, 2.45) is 16.5 Å². The molecular weight excluding hydrogens is 510 g/mol. The van der Waals surface area contributed by atoms with Gasteiger partial charge in [0.15, 0.2) is 0 Å². The third-order valence-electron chi connectivity index (χ3n) is 6.07. The molecule has 0 saturated heterocycles. The lowest BCUT2D eigenvalue weighted by molar-refractivity contribution is -0.130. The number of guanidine groups is 1. The predicted molar refractivity (Wildman–Crippen MR) is 149 cm³/mol. The molecule has 11 nitrogen and oxygen atoms in total. The molecule has 3 atom stereocenters. The molecule has 0 radical (unpaired) electrons. The van der Waals surface area contributed by atoms with E-state index in [9.17, 15) is 14.1 Å². The summed E-state index contributed by atoms with van der Waals surface area (Å²) in [5.74, 6) is 1.37. The first kappa shape index (κ1) is 30.9. The summed E-state index contributed by atoms with van der Waals surface area (Å²) >= 11 is -1.96. The number of carbonyl (C=O) groups is 1. The Morgan fingerprint density at radius 1 is 1.13 bits per heavy atom. The molecule has 2 aromatic carbocycles. The van der Waals surface area contributed by atoms with Gasteiger partial charge in [0, 0.05) is 19.1 Å². The fraction of sp³-hybridized carbons (Fsp3) is 0.462. The molecule has 0 aliphatic carbocycles. The van der Waals surface area contributed by atoms with Crippen molar-refractivity contribution in [1.29, 1.82) is 0 Å². The Labute approximate surface area is 226 Å². The second-order valence-corrected chi connectivity index (χ2v) is 9.64. The first-order valence-electron chi connectivity index (χ1n) is 12.2. The maximum atomic E-state index is 12.4. The highest BCUT2D eigenvalue weighted by Gasteiger charge is 2.22. The maximum absolute atomic E-state index is 12.4. The third-order valence-corrected chi connectivity index (χ3v) is 6.76. The van der Waals surface area contributed by atoms with Gasteiger partial charge in [-0.3, -0.25) is 9.79 Å². The number of aryl methyl sites for hydroxylation is 1. The van der Waals surface area contributed by atoms with Gasteiger partial charge in [-0.1, -0.05) is 12.1 Å². The van der Waals surface area contributed by atoms with E-state index in [0.717, 1.165) is 33.8 Å². The first-order chi connectivity index (χ1) is 18.1. The molecular formula is C26H39N5O6S. The van der Waals surface area contributed by atoms with Gasteiger partial charge in [0.2, 0.25) is 11.9 Å². The smallest absolute Gasteiger partial charge is 0.318 e. The van der Waals surface area contributed by atoms with Gasteiger partial charge in [-0.25, -0.2) is 4.72 Å². The average Bonchev–Trinajstić information content (AvgIpc) is 2.90. The molecule has 1 amide bonds. The summed E-state index contributed by atoms with van der Waals surface area (Å²) in [6.45, 7) is 6.21. The first-order valence-corrected chi connectivity index (χ1v) is 13.3. The van der Waals surface area contributed by atoms with Crippen molar-refractivity contribution >= 4 is 23.1 Å². The Bertz CT molecular complexity index is 1130. The maximum Gasteiger partial charge on any atom is 0.318 e. The summed E-state index contributed by atoms with van der Waals surface area (Å²) in [4.78, 5) is 16.3. The van der Waals surface area contributed by atoms with Crippen LogP contribution in [0.15, 0.2) is 35.3 Å². The lowest BCUT2D eigenvalue weighted by Gasteiger charge is -2.18. The van der Waals surface area contributed by atoms with Gasteiger partial charge in [-0.05, 0) is 80.5 Å². The standard InChI is InChI=1S/C26H39N5O6S/c1-16-15-22(36-5)17(2)18(3)24(16)37-38(34)31-26(28)30-13-6-7-21(27)23(32)25(33)29-14-12-19-8-10-20(35-4)11-9-19/h8-11,15,21,23,32H,6-7,12-14,27H2,1-5H3,(H,29,33)(H3,28,30,31)/t21-,23?,38?/m0/s1. The second kappa shape index (κ2) is 15.2. The topological polar surface area (TPSA) is 171 Å². The highest BCUT2D eigenvalue weighted by atomic mass is 32.2. The molecule has 210 valence electrons. The summed E-state index contributed by atoms with van der Waals surface area (Å²) < 4.78 is 30.9. The van der Waals surface area contributed by atoms with Gasteiger partial charge in [-0.2, -0.15) is 4.21 Å². The van der Waals surface area contributed by atoms with E-state index in [-0.39, 0.29) is 12.5 Å². The summed E-state index contributed by atoms with van der Waals surface area (Å²) in [5.41, 5.74) is 15.3. The van der Waals surface area contributed by atoms with Crippen molar-refractivity contribution < 1.29 is 27.8 Å². The van der Waals surface area contributed by atoms with Crippen molar-refractivity contribution in [1.82, 2.24) is 10.0 Å². The quantitative estimate of drug-likeness (QED) is 0.133.